The number of nitrogen functional groups attached to an aromatic ring is 1. The summed E-state index contributed by atoms with van der Waals surface area (Å²) in [7, 11) is 0. The first-order valence-corrected chi connectivity index (χ1v) is 8.90. The maximum Gasteiger partial charge on any atom is 0.268 e. The van der Waals surface area contributed by atoms with Gasteiger partial charge in [-0.2, -0.15) is 18.6 Å². The van der Waals surface area contributed by atoms with Crippen molar-refractivity contribution >= 4 is 48.1 Å². The molecule has 3 N–H and O–H groups in total. The molecule has 0 aliphatic heterocycles. The van der Waals surface area contributed by atoms with Crippen LogP contribution in [0, 0.1) is 12.4 Å². The van der Waals surface area contributed by atoms with E-state index in [9.17, 15) is 4.39 Å². The molecule has 0 spiro atoms. The van der Waals surface area contributed by atoms with Gasteiger partial charge in [-0.3, -0.25) is 0 Å². The Morgan fingerprint density at radius 1 is 1.27 bits per heavy atom. The lowest BCUT2D eigenvalue weighted by Gasteiger charge is -2.19. The number of fused-ring (bicyclic) bond motifs is 1. The van der Waals surface area contributed by atoms with Gasteiger partial charge in [0.15, 0.2) is 10.8 Å². The Balaban J connectivity index is 0.00000256. The van der Waals surface area contributed by atoms with Crippen molar-refractivity contribution in [2.75, 3.05) is 11.1 Å². The number of benzene rings is 1. The molecule has 0 aliphatic rings. The first-order valence-electron chi connectivity index (χ1n) is 8.52. The van der Waals surface area contributed by atoms with Crippen LogP contribution in [0.5, 0.6) is 0 Å². The van der Waals surface area contributed by atoms with E-state index in [4.69, 9.17) is 23.9 Å². The number of halogens is 2. The van der Waals surface area contributed by atoms with Crippen LogP contribution in [0.15, 0.2) is 42.9 Å². The second-order valence-corrected chi connectivity index (χ2v) is 6.63. The lowest BCUT2D eigenvalue weighted by Crippen LogP contribution is -2.12. The maximum atomic E-state index is 13.9. The van der Waals surface area contributed by atoms with Crippen molar-refractivity contribution in [3.05, 3.63) is 70.8 Å². The molecule has 3 heterocycles. The molecule has 1 atom stereocenters. The quantitative estimate of drug-likeness (QED) is 0.454. The Morgan fingerprint density at radius 2 is 2.07 bits per heavy atom. The van der Waals surface area contributed by atoms with Crippen molar-refractivity contribution in [3.8, 4) is 11.3 Å². The van der Waals surface area contributed by atoms with E-state index in [1.54, 1.807) is 18.2 Å². The Labute approximate surface area is 183 Å². The molecule has 0 amide bonds. The fraction of sp³-hybridized carbons (Fsp3) is 0.105. The van der Waals surface area contributed by atoms with Crippen molar-refractivity contribution in [2.45, 2.75) is 13.0 Å². The van der Waals surface area contributed by atoms with Crippen LogP contribution < -0.4 is 11.1 Å². The fourth-order valence-corrected chi connectivity index (χ4v) is 3.16. The van der Waals surface area contributed by atoms with Crippen molar-refractivity contribution in [1.82, 2.24) is 24.6 Å². The standard InChI is InChI=1S/C19H14ClFN8.H2S/c1-10(27-19-17(23-2)18(22)25-9-26-19)13-7-15-24-8-14(20)29(15)28-16(13)11-4-3-5-12(21)6-11;/h3-10H,1H3,(H3,22,25,26,27);1H2/t10-;/m0./s1. The fourth-order valence-electron chi connectivity index (χ4n) is 2.98. The summed E-state index contributed by atoms with van der Waals surface area (Å²) in [4.78, 5) is 15.6. The normalized spacial score (nSPS) is 11.5. The molecule has 0 radical (unpaired) electrons. The minimum Gasteiger partial charge on any atom is -0.392 e. The third-order valence-electron chi connectivity index (χ3n) is 4.36. The number of nitrogens with one attached hydrogen (secondary N) is 1. The smallest absolute Gasteiger partial charge is 0.268 e. The Bertz CT molecular complexity index is 1270. The van der Waals surface area contributed by atoms with Gasteiger partial charge < -0.3 is 11.1 Å². The number of aromatic nitrogens is 5. The third kappa shape index (κ3) is 3.85. The zero-order valence-corrected chi connectivity index (χ0v) is 17.4. The van der Waals surface area contributed by atoms with Crippen LogP contribution in [0.25, 0.3) is 21.7 Å². The molecule has 4 aromatic rings. The second kappa shape index (κ2) is 8.52. The van der Waals surface area contributed by atoms with E-state index in [0.29, 0.717) is 27.9 Å². The molecule has 0 unspecified atom stereocenters. The van der Waals surface area contributed by atoms with E-state index in [2.05, 4.69) is 30.2 Å². The van der Waals surface area contributed by atoms with E-state index in [1.807, 2.05) is 6.92 Å². The Hall–Kier alpha value is -3.42. The number of imidazole rings is 1. The van der Waals surface area contributed by atoms with Crippen molar-refractivity contribution < 1.29 is 4.39 Å². The zero-order valence-electron chi connectivity index (χ0n) is 15.6. The monoisotopic (exact) mass is 442 g/mol. The molecular formula is C19H16ClFN8S. The maximum absolute atomic E-state index is 13.9. The topological polar surface area (TPSA) is 98.4 Å². The van der Waals surface area contributed by atoms with E-state index < -0.39 is 0 Å². The van der Waals surface area contributed by atoms with Crippen LogP contribution in [0.4, 0.5) is 21.7 Å². The zero-order chi connectivity index (χ0) is 20.5. The van der Waals surface area contributed by atoms with Gasteiger partial charge in [-0.15, -0.1) is 0 Å². The molecule has 0 saturated heterocycles. The molecule has 3 aromatic heterocycles. The number of hydrogen-bond acceptors (Lipinski definition) is 6. The summed E-state index contributed by atoms with van der Waals surface area (Å²) in [5, 5.41) is 8.07. The minimum absolute atomic E-state index is 0. The second-order valence-electron chi connectivity index (χ2n) is 6.24. The molecule has 0 saturated carbocycles. The highest BCUT2D eigenvalue weighted by atomic mass is 35.5. The summed E-state index contributed by atoms with van der Waals surface area (Å²) >= 11 is 6.17. The summed E-state index contributed by atoms with van der Waals surface area (Å²) in [6.45, 7) is 9.20. The Kier molecular flexibility index (Phi) is 6.05. The van der Waals surface area contributed by atoms with Gasteiger partial charge in [-0.25, -0.2) is 28.7 Å². The van der Waals surface area contributed by atoms with Gasteiger partial charge in [-0.1, -0.05) is 23.7 Å². The molecule has 0 fully saturated rings. The molecule has 152 valence electrons. The molecule has 4 rings (SSSR count). The lowest BCUT2D eigenvalue weighted by molar-refractivity contribution is 0.628. The summed E-state index contributed by atoms with van der Waals surface area (Å²) in [6.07, 6.45) is 2.77. The summed E-state index contributed by atoms with van der Waals surface area (Å²) in [5.74, 6) is 0.00154. The highest BCUT2D eigenvalue weighted by Crippen LogP contribution is 2.34. The highest BCUT2D eigenvalue weighted by molar-refractivity contribution is 7.59. The average molecular weight is 443 g/mol. The van der Waals surface area contributed by atoms with E-state index in [0.717, 1.165) is 5.56 Å². The van der Waals surface area contributed by atoms with Crippen LogP contribution in [0.2, 0.25) is 5.15 Å². The first-order chi connectivity index (χ1) is 14.0. The predicted molar refractivity (Wildman–Crippen MR) is 119 cm³/mol. The van der Waals surface area contributed by atoms with Crippen molar-refractivity contribution in [3.63, 3.8) is 0 Å². The highest BCUT2D eigenvalue weighted by Gasteiger charge is 2.20. The average Bonchev–Trinajstić information content (AvgIpc) is 3.07. The molecule has 8 nitrogen and oxygen atoms in total. The Morgan fingerprint density at radius 3 is 2.80 bits per heavy atom. The van der Waals surface area contributed by atoms with E-state index >= 15 is 0 Å². The van der Waals surface area contributed by atoms with Crippen molar-refractivity contribution in [2.24, 2.45) is 0 Å². The van der Waals surface area contributed by atoms with Gasteiger partial charge in [0.05, 0.1) is 24.5 Å². The molecule has 1 aromatic carbocycles. The number of rotatable bonds is 4. The first kappa shape index (κ1) is 21.3. The van der Waals surface area contributed by atoms with Crippen LogP contribution in [0.1, 0.15) is 18.5 Å². The summed E-state index contributed by atoms with van der Waals surface area (Å²) < 4.78 is 15.3. The van der Waals surface area contributed by atoms with Gasteiger partial charge in [0.2, 0.25) is 0 Å². The minimum atomic E-state index is -0.383. The molecular weight excluding hydrogens is 427 g/mol. The SMILES string of the molecule is S.[C-]#[N+]c1c(N)ncnc1N[C@@H](C)c1cc2ncc(Cl)n2nc1-c1cccc(F)c1. The predicted octanol–water partition coefficient (Wildman–Crippen LogP) is 4.40. The number of hydrogen-bond donors (Lipinski definition) is 2. The number of nitrogens with two attached hydrogens (primary N) is 1. The van der Waals surface area contributed by atoms with Gasteiger partial charge in [0.1, 0.15) is 23.8 Å². The van der Waals surface area contributed by atoms with Gasteiger partial charge >= 0.3 is 0 Å². The number of nitrogens with zero attached hydrogens (tertiary/aromatic N) is 6. The lowest BCUT2D eigenvalue weighted by atomic mass is 10.0. The summed E-state index contributed by atoms with van der Waals surface area (Å²) in [5.41, 5.74) is 8.25. The molecule has 11 heteroatoms. The van der Waals surface area contributed by atoms with E-state index in [-0.39, 0.29) is 36.9 Å². The van der Waals surface area contributed by atoms with E-state index in [1.165, 1.54) is 29.2 Å². The van der Waals surface area contributed by atoms with Crippen LogP contribution in [-0.4, -0.2) is 24.6 Å². The van der Waals surface area contributed by atoms with Gasteiger partial charge in [0.25, 0.3) is 5.69 Å². The van der Waals surface area contributed by atoms with Crippen LogP contribution >= 0.6 is 25.1 Å². The third-order valence-corrected chi connectivity index (χ3v) is 4.62. The van der Waals surface area contributed by atoms with Gasteiger partial charge in [0, 0.05) is 11.1 Å². The van der Waals surface area contributed by atoms with Gasteiger partial charge in [-0.05, 0) is 25.1 Å². The van der Waals surface area contributed by atoms with Crippen molar-refractivity contribution in [1.29, 1.82) is 0 Å². The largest absolute Gasteiger partial charge is 0.392 e. The molecule has 0 bridgehead atoms. The van der Waals surface area contributed by atoms with Crippen LogP contribution in [-0.2, 0) is 0 Å². The number of anilines is 2. The molecule has 30 heavy (non-hydrogen) atoms. The molecule has 0 aliphatic carbocycles. The van der Waals surface area contributed by atoms with Crippen LogP contribution in [0.3, 0.4) is 0 Å². The summed E-state index contributed by atoms with van der Waals surface area (Å²) in [6, 6.07) is 7.55.